The highest BCUT2D eigenvalue weighted by Crippen LogP contribution is 2.10. The highest BCUT2D eigenvalue weighted by Gasteiger charge is 2.20. The highest BCUT2D eigenvalue weighted by molar-refractivity contribution is 14.0. The van der Waals surface area contributed by atoms with Gasteiger partial charge >= 0.3 is 0 Å². The number of guanidine groups is 1. The molecule has 0 bridgehead atoms. The van der Waals surface area contributed by atoms with Gasteiger partial charge in [-0.1, -0.05) is 13.0 Å². The monoisotopic (exact) mass is 490 g/mol. The van der Waals surface area contributed by atoms with E-state index in [1.807, 2.05) is 18.3 Å². The van der Waals surface area contributed by atoms with Crippen molar-refractivity contribution in [2.45, 2.75) is 38.8 Å². The van der Waals surface area contributed by atoms with Gasteiger partial charge in [0.25, 0.3) is 0 Å². The van der Waals surface area contributed by atoms with Crippen LogP contribution in [0.15, 0.2) is 23.3 Å². The predicted molar refractivity (Wildman–Crippen MR) is 117 cm³/mol. The third-order valence-electron chi connectivity index (χ3n) is 4.24. The van der Waals surface area contributed by atoms with Gasteiger partial charge in [-0.2, -0.15) is 0 Å². The van der Waals surface area contributed by atoms with Gasteiger partial charge in [0, 0.05) is 45.0 Å². The van der Waals surface area contributed by atoms with Gasteiger partial charge in [-0.05, 0) is 24.8 Å². The normalized spacial score (nSPS) is 15.7. The van der Waals surface area contributed by atoms with Crippen LogP contribution in [0.2, 0.25) is 0 Å². The molecular weight excluding hydrogens is 459 g/mol. The second-order valence-corrected chi connectivity index (χ2v) is 6.44. The Morgan fingerprint density at radius 2 is 2.15 bits per heavy atom. The summed E-state index contributed by atoms with van der Waals surface area (Å²) in [6.07, 6.45) is 4.69. The molecule has 1 amide bonds. The zero-order valence-corrected chi connectivity index (χ0v) is 18.4. The third kappa shape index (κ3) is 8.74. The number of amides is 1. The zero-order chi connectivity index (χ0) is 18.8. The number of aromatic nitrogens is 1. The molecular formula is C18H31IN6O2. The predicted octanol–water partition coefficient (Wildman–Crippen LogP) is 1.10. The number of carbonyl (C=O) groups excluding carboxylic acids is 1. The summed E-state index contributed by atoms with van der Waals surface area (Å²) < 4.78 is 5.49. The van der Waals surface area contributed by atoms with Crippen molar-refractivity contribution in [1.82, 2.24) is 20.5 Å². The highest BCUT2D eigenvalue weighted by atomic mass is 127. The summed E-state index contributed by atoms with van der Waals surface area (Å²) in [5.41, 5.74) is 6.31. The molecule has 152 valence electrons. The Kier molecular flexibility index (Phi) is 11.0. The number of ether oxygens (including phenoxy) is 1. The van der Waals surface area contributed by atoms with Crippen molar-refractivity contribution in [1.29, 1.82) is 0 Å². The average molecular weight is 490 g/mol. The van der Waals surface area contributed by atoms with E-state index >= 15 is 0 Å². The van der Waals surface area contributed by atoms with E-state index in [0.717, 1.165) is 43.9 Å². The number of rotatable bonds is 8. The molecule has 0 aromatic carbocycles. The maximum absolute atomic E-state index is 11.0. The van der Waals surface area contributed by atoms with Gasteiger partial charge in [0.2, 0.25) is 11.8 Å². The number of nitrogens with one attached hydrogen (secondary N) is 2. The van der Waals surface area contributed by atoms with Crippen molar-refractivity contribution in [3.05, 3.63) is 23.9 Å². The molecule has 1 aliphatic heterocycles. The van der Waals surface area contributed by atoms with Gasteiger partial charge in [-0.25, -0.2) is 4.98 Å². The Labute approximate surface area is 178 Å². The van der Waals surface area contributed by atoms with Crippen LogP contribution in [0.5, 0.6) is 5.88 Å². The van der Waals surface area contributed by atoms with Crippen LogP contribution < -0.4 is 21.1 Å². The topological polar surface area (TPSA) is 105 Å². The number of hydrogen-bond acceptors (Lipinski definition) is 5. The number of aliphatic imine (C=N–C) groups is 1. The first-order valence-corrected chi connectivity index (χ1v) is 9.16. The number of nitrogens with zero attached hydrogens (tertiary/aromatic N) is 3. The lowest BCUT2D eigenvalue weighted by molar-refractivity contribution is -0.119. The second-order valence-electron chi connectivity index (χ2n) is 6.44. The van der Waals surface area contributed by atoms with Crippen LogP contribution in [-0.4, -0.2) is 61.1 Å². The van der Waals surface area contributed by atoms with E-state index in [1.165, 1.54) is 0 Å². The van der Waals surface area contributed by atoms with Crippen LogP contribution in [0.25, 0.3) is 0 Å². The quantitative estimate of drug-likeness (QED) is 0.287. The van der Waals surface area contributed by atoms with E-state index in [-0.39, 0.29) is 29.9 Å². The maximum Gasteiger partial charge on any atom is 0.231 e. The van der Waals surface area contributed by atoms with E-state index < -0.39 is 0 Å². The van der Waals surface area contributed by atoms with Gasteiger partial charge in [0.15, 0.2) is 5.96 Å². The standard InChI is InChI=1S/C18H30N6O2.HI/c1-3-10-26-17-5-4-14(11-21-17)12-22-18(20-2)23-15-6-8-24(9-7-15)13-16(19)25;/h4-5,11,15H,3,6-10,12-13H2,1-2H3,(H2,19,25)(H2,20,22,23);1H. The molecule has 0 unspecified atom stereocenters. The number of likely N-dealkylation sites (tertiary alicyclic amines) is 1. The summed E-state index contributed by atoms with van der Waals surface area (Å²) in [6, 6.07) is 4.23. The zero-order valence-electron chi connectivity index (χ0n) is 16.1. The average Bonchev–Trinajstić information content (AvgIpc) is 2.65. The number of hydrogen-bond donors (Lipinski definition) is 3. The molecule has 1 aliphatic rings. The minimum Gasteiger partial charge on any atom is -0.478 e. The van der Waals surface area contributed by atoms with Gasteiger partial charge in [0.05, 0.1) is 13.2 Å². The van der Waals surface area contributed by atoms with Crippen molar-refractivity contribution in [2.24, 2.45) is 10.7 Å². The Balaban J connectivity index is 0.00000364. The Morgan fingerprint density at radius 3 is 2.70 bits per heavy atom. The lowest BCUT2D eigenvalue weighted by Crippen LogP contribution is -2.49. The lowest BCUT2D eigenvalue weighted by Gasteiger charge is -2.32. The fourth-order valence-corrected chi connectivity index (χ4v) is 2.84. The van der Waals surface area contributed by atoms with E-state index in [9.17, 15) is 4.79 Å². The lowest BCUT2D eigenvalue weighted by atomic mass is 10.1. The van der Waals surface area contributed by atoms with Crippen molar-refractivity contribution in [3.63, 3.8) is 0 Å². The first-order valence-electron chi connectivity index (χ1n) is 9.16. The van der Waals surface area contributed by atoms with E-state index in [2.05, 4.69) is 32.4 Å². The molecule has 2 rings (SSSR count). The van der Waals surface area contributed by atoms with Crippen molar-refractivity contribution < 1.29 is 9.53 Å². The fourth-order valence-electron chi connectivity index (χ4n) is 2.84. The Hall–Kier alpha value is -1.62. The molecule has 2 heterocycles. The Bertz CT molecular complexity index is 588. The van der Waals surface area contributed by atoms with Crippen LogP contribution >= 0.6 is 24.0 Å². The molecule has 0 saturated carbocycles. The van der Waals surface area contributed by atoms with Crippen LogP contribution in [0.4, 0.5) is 0 Å². The molecule has 8 nitrogen and oxygen atoms in total. The maximum atomic E-state index is 11.0. The molecule has 1 saturated heterocycles. The van der Waals surface area contributed by atoms with Crippen molar-refractivity contribution >= 4 is 35.8 Å². The summed E-state index contributed by atoms with van der Waals surface area (Å²) >= 11 is 0. The van der Waals surface area contributed by atoms with E-state index in [4.69, 9.17) is 10.5 Å². The third-order valence-corrected chi connectivity index (χ3v) is 4.24. The number of pyridine rings is 1. The molecule has 1 aromatic heterocycles. The molecule has 0 radical (unpaired) electrons. The van der Waals surface area contributed by atoms with E-state index in [1.54, 1.807) is 7.05 Å². The molecule has 0 atom stereocenters. The number of nitrogens with two attached hydrogens (primary N) is 1. The summed E-state index contributed by atoms with van der Waals surface area (Å²) in [6.45, 7) is 5.45. The Morgan fingerprint density at radius 1 is 1.41 bits per heavy atom. The summed E-state index contributed by atoms with van der Waals surface area (Å²) in [7, 11) is 1.76. The van der Waals surface area contributed by atoms with Gasteiger partial charge in [0.1, 0.15) is 0 Å². The van der Waals surface area contributed by atoms with Gasteiger partial charge < -0.3 is 21.1 Å². The largest absolute Gasteiger partial charge is 0.478 e. The SMILES string of the molecule is CCCOc1ccc(CNC(=NC)NC2CCN(CC(N)=O)CC2)cn1.I. The number of carbonyl (C=O) groups is 1. The fraction of sp³-hybridized carbons (Fsp3) is 0.611. The van der Waals surface area contributed by atoms with Crippen molar-refractivity contribution in [3.8, 4) is 5.88 Å². The number of piperidine rings is 1. The molecule has 1 fully saturated rings. The minimum atomic E-state index is -0.270. The number of primary amides is 1. The molecule has 1 aromatic rings. The van der Waals surface area contributed by atoms with Crippen molar-refractivity contribution in [2.75, 3.05) is 33.3 Å². The van der Waals surface area contributed by atoms with Crippen LogP contribution in [0.1, 0.15) is 31.7 Å². The van der Waals surface area contributed by atoms with Crippen LogP contribution in [0, 0.1) is 0 Å². The summed E-state index contributed by atoms with van der Waals surface area (Å²) in [4.78, 5) is 21.7. The molecule has 9 heteroatoms. The first-order chi connectivity index (χ1) is 12.6. The smallest absolute Gasteiger partial charge is 0.231 e. The molecule has 4 N–H and O–H groups in total. The van der Waals surface area contributed by atoms with Crippen LogP contribution in [0.3, 0.4) is 0 Å². The molecule has 27 heavy (non-hydrogen) atoms. The van der Waals surface area contributed by atoms with E-state index in [0.29, 0.717) is 31.6 Å². The van der Waals surface area contributed by atoms with Gasteiger partial charge in [-0.15, -0.1) is 24.0 Å². The van der Waals surface area contributed by atoms with Crippen LogP contribution in [-0.2, 0) is 11.3 Å². The summed E-state index contributed by atoms with van der Waals surface area (Å²) in [5, 5.41) is 6.75. The molecule has 0 aliphatic carbocycles. The van der Waals surface area contributed by atoms with Gasteiger partial charge in [-0.3, -0.25) is 14.7 Å². The number of halogens is 1. The molecule has 0 spiro atoms. The first kappa shape index (κ1) is 23.4. The second kappa shape index (κ2) is 12.7. The summed E-state index contributed by atoms with van der Waals surface area (Å²) in [5.74, 6) is 1.15. The minimum absolute atomic E-state index is 0.